The Morgan fingerprint density at radius 1 is 1.07 bits per heavy atom. The van der Waals surface area contributed by atoms with Crippen LogP contribution in [0, 0.1) is 13.8 Å². The van der Waals surface area contributed by atoms with E-state index in [0.717, 1.165) is 16.7 Å². The quantitative estimate of drug-likeness (QED) is 0.521. The Balaban J connectivity index is 1.88. The molecule has 0 radical (unpaired) electrons. The zero-order valence-corrected chi connectivity index (χ0v) is 17.0. The Labute approximate surface area is 170 Å². The van der Waals surface area contributed by atoms with Crippen LogP contribution in [-0.2, 0) is 6.42 Å². The van der Waals surface area contributed by atoms with Gasteiger partial charge >= 0.3 is 0 Å². The van der Waals surface area contributed by atoms with Crippen LogP contribution in [0.4, 0.5) is 0 Å². The van der Waals surface area contributed by atoms with Crippen molar-refractivity contribution in [2.75, 3.05) is 0 Å². The molecule has 0 unspecified atom stereocenters. The van der Waals surface area contributed by atoms with Gasteiger partial charge in [0.05, 0.1) is 4.53 Å². The molecule has 0 saturated carbocycles. The number of fused-ring (bicyclic) bond motifs is 1. The molecule has 4 aromatic rings. The van der Waals surface area contributed by atoms with Gasteiger partial charge in [-0.3, -0.25) is 14.0 Å². The summed E-state index contributed by atoms with van der Waals surface area (Å²) >= 11 is 7.47. The first-order chi connectivity index (χ1) is 13.4. The van der Waals surface area contributed by atoms with Gasteiger partial charge in [0.1, 0.15) is 0 Å². The van der Waals surface area contributed by atoms with Crippen molar-refractivity contribution in [3.05, 3.63) is 107 Å². The highest BCUT2D eigenvalue weighted by atomic mass is 35.5. The molecule has 0 aliphatic rings. The van der Waals surface area contributed by atoms with Crippen LogP contribution in [0.1, 0.15) is 27.9 Å². The molecule has 6 heteroatoms. The maximum absolute atomic E-state index is 13.0. The van der Waals surface area contributed by atoms with Crippen LogP contribution in [-0.4, -0.2) is 9.38 Å². The van der Waals surface area contributed by atoms with Crippen molar-refractivity contribution < 1.29 is 0 Å². The number of aromatic nitrogens is 2. The largest absolute Gasteiger partial charge is 0.277 e. The van der Waals surface area contributed by atoms with Crippen LogP contribution in [0.25, 0.3) is 11.0 Å². The lowest BCUT2D eigenvalue weighted by atomic mass is 10.1. The maximum Gasteiger partial charge on any atom is 0.277 e. The van der Waals surface area contributed by atoms with E-state index in [9.17, 15) is 9.59 Å². The molecule has 0 aliphatic carbocycles. The van der Waals surface area contributed by atoms with Crippen molar-refractivity contribution in [2.45, 2.75) is 20.3 Å². The Morgan fingerprint density at radius 3 is 2.50 bits per heavy atom. The number of nitrogens with zero attached hydrogens (tertiary/aromatic N) is 2. The number of halogens is 1. The van der Waals surface area contributed by atoms with Crippen molar-refractivity contribution in [3.8, 4) is 0 Å². The second-order valence-corrected chi connectivity index (χ2v) is 8.11. The Hall–Kier alpha value is -2.76. The summed E-state index contributed by atoms with van der Waals surface area (Å²) in [7, 11) is 0. The van der Waals surface area contributed by atoms with Crippen LogP contribution in [0.3, 0.4) is 0 Å². The Morgan fingerprint density at radius 2 is 1.79 bits per heavy atom. The second kappa shape index (κ2) is 7.34. The highest BCUT2D eigenvalue weighted by Crippen LogP contribution is 2.19. The summed E-state index contributed by atoms with van der Waals surface area (Å²) < 4.78 is 2.08. The van der Waals surface area contributed by atoms with Crippen molar-refractivity contribution >= 4 is 34.0 Å². The first-order valence-electron chi connectivity index (χ1n) is 8.81. The molecule has 0 fully saturated rings. The van der Waals surface area contributed by atoms with Crippen molar-refractivity contribution in [3.63, 3.8) is 0 Å². The zero-order valence-electron chi connectivity index (χ0n) is 15.4. The number of hydrogen-bond acceptors (Lipinski definition) is 4. The van der Waals surface area contributed by atoms with Gasteiger partial charge in [0, 0.05) is 22.7 Å². The molecule has 0 saturated heterocycles. The summed E-state index contributed by atoms with van der Waals surface area (Å²) in [4.78, 5) is 30.2. The summed E-state index contributed by atoms with van der Waals surface area (Å²) in [6.07, 6.45) is 2.17. The lowest BCUT2D eigenvalue weighted by molar-refractivity contribution is 0.940. The van der Waals surface area contributed by atoms with Gasteiger partial charge in [-0.05, 0) is 37.1 Å². The molecule has 28 heavy (non-hydrogen) atoms. The third kappa shape index (κ3) is 3.39. The van der Waals surface area contributed by atoms with Crippen molar-refractivity contribution in [1.82, 2.24) is 9.38 Å². The average molecular weight is 409 g/mol. The molecule has 0 amide bonds. The first-order valence-corrected chi connectivity index (χ1v) is 10.0. The van der Waals surface area contributed by atoms with Gasteiger partial charge in [-0.25, -0.2) is 0 Å². The van der Waals surface area contributed by atoms with Gasteiger partial charge < -0.3 is 0 Å². The molecule has 4 nitrogen and oxygen atoms in total. The molecule has 2 heterocycles. The lowest BCUT2D eigenvalue weighted by Gasteiger charge is -2.07. The minimum absolute atomic E-state index is 0.161. The van der Waals surface area contributed by atoms with Crippen LogP contribution < -0.4 is 15.7 Å². The van der Waals surface area contributed by atoms with E-state index >= 15 is 0 Å². The molecule has 0 bridgehead atoms. The van der Waals surface area contributed by atoms with E-state index in [1.54, 1.807) is 13.0 Å². The summed E-state index contributed by atoms with van der Waals surface area (Å²) in [6, 6.07) is 15.3. The van der Waals surface area contributed by atoms with Crippen LogP contribution >= 0.6 is 22.9 Å². The molecule has 0 aliphatic heterocycles. The highest BCUT2D eigenvalue weighted by Gasteiger charge is 2.15. The van der Waals surface area contributed by atoms with Gasteiger partial charge in [0.15, 0.2) is 0 Å². The van der Waals surface area contributed by atoms with Gasteiger partial charge in [-0.1, -0.05) is 71.0 Å². The van der Waals surface area contributed by atoms with E-state index in [1.807, 2.05) is 55.5 Å². The number of rotatable bonds is 3. The monoisotopic (exact) mass is 408 g/mol. The first kappa shape index (κ1) is 18.6. The van der Waals surface area contributed by atoms with Gasteiger partial charge in [0.2, 0.25) is 4.96 Å². The highest BCUT2D eigenvalue weighted by molar-refractivity contribution is 7.15. The van der Waals surface area contributed by atoms with E-state index in [2.05, 4.69) is 4.98 Å². The average Bonchev–Trinajstić information content (AvgIpc) is 2.97. The lowest BCUT2D eigenvalue weighted by Crippen LogP contribution is -2.27. The zero-order chi connectivity index (χ0) is 19.8. The van der Waals surface area contributed by atoms with Crippen LogP contribution in [0.2, 0.25) is 5.02 Å². The predicted molar refractivity (Wildman–Crippen MR) is 115 cm³/mol. The van der Waals surface area contributed by atoms with Gasteiger partial charge in [-0.15, -0.1) is 0 Å². The number of thiazole rings is 1. The number of aryl methyl sites for hydroxylation is 2. The van der Waals surface area contributed by atoms with E-state index in [0.29, 0.717) is 32.2 Å². The Bertz CT molecular complexity index is 1350. The fourth-order valence-electron chi connectivity index (χ4n) is 3.14. The maximum atomic E-state index is 13.0. The molecule has 4 rings (SSSR count). The molecule has 0 atom stereocenters. The topological polar surface area (TPSA) is 51.4 Å². The molecule has 0 N–H and O–H groups in total. The third-order valence-electron chi connectivity index (χ3n) is 4.73. The normalized spacial score (nSPS) is 12.0. The van der Waals surface area contributed by atoms with E-state index < -0.39 is 0 Å². The molecule has 0 spiro atoms. The minimum Gasteiger partial charge on any atom is -0.267 e. The summed E-state index contributed by atoms with van der Waals surface area (Å²) in [6.45, 7) is 3.80. The minimum atomic E-state index is -0.319. The van der Waals surface area contributed by atoms with Crippen molar-refractivity contribution in [1.29, 1.82) is 0 Å². The predicted octanol–water partition coefficient (Wildman–Crippen LogP) is 3.52. The second-order valence-electron chi connectivity index (χ2n) is 6.69. The summed E-state index contributed by atoms with van der Waals surface area (Å²) in [5.74, 6) is 0. The van der Waals surface area contributed by atoms with Crippen molar-refractivity contribution in [2.24, 2.45) is 0 Å². The SMILES string of the molecule is Cc1ccc(C=c2sc3nc(=O)c(Cc4ccccc4Cl)c(C)n3c2=O)cc1. The molecular formula is C22H17ClN2O2S. The van der Waals surface area contributed by atoms with Gasteiger partial charge in [0.25, 0.3) is 11.1 Å². The fraction of sp³-hybridized carbons (Fsp3) is 0.136. The van der Waals surface area contributed by atoms with E-state index in [1.165, 1.54) is 15.7 Å². The fourth-order valence-corrected chi connectivity index (χ4v) is 4.35. The number of hydrogen-bond donors (Lipinski definition) is 0. The molecule has 2 aromatic heterocycles. The van der Waals surface area contributed by atoms with Crippen LogP contribution in [0.5, 0.6) is 0 Å². The summed E-state index contributed by atoms with van der Waals surface area (Å²) in [5, 5.41) is 0.590. The third-order valence-corrected chi connectivity index (χ3v) is 6.07. The molecule has 140 valence electrons. The molecule has 2 aromatic carbocycles. The Kier molecular flexibility index (Phi) is 4.87. The van der Waals surface area contributed by atoms with Crippen LogP contribution in [0.15, 0.2) is 58.1 Å². The van der Waals surface area contributed by atoms with E-state index in [4.69, 9.17) is 11.6 Å². The smallest absolute Gasteiger partial charge is 0.267 e. The molecular weight excluding hydrogens is 392 g/mol. The van der Waals surface area contributed by atoms with E-state index in [-0.39, 0.29) is 11.1 Å². The summed E-state index contributed by atoms with van der Waals surface area (Å²) in [5.41, 5.74) is 3.54. The standard InChI is InChI=1S/C22H17ClN2O2S/c1-13-7-9-15(10-8-13)11-19-21(27)25-14(2)17(20(26)24-22(25)28-19)12-16-5-3-4-6-18(16)23/h3-11H,12H2,1-2H3. The number of benzene rings is 2. The van der Waals surface area contributed by atoms with Gasteiger partial charge in [-0.2, -0.15) is 4.98 Å².